The molecule has 0 saturated heterocycles. The number of rotatable bonds is 7. The van der Waals surface area contributed by atoms with E-state index >= 15 is 0 Å². The van der Waals surface area contributed by atoms with Gasteiger partial charge in [0, 0.05) is 29.1 Å². The predicted octanol–water partition coefficient (Wildman–Crippen LogP) is 3.14. The van der Waals surface area contributed by atoms with E-state index in [-0.39, 0.29) is 12.3 Å². The summed E-state index contributed by atoms with van der Waals surface area (Å²) in [5.41, 5.74) is 0.687. The lowest BCUT2D eigenvalue weighted by Crippen LogP contribution is -2.27. The maximum atomic E-state index is 11.8. The van der Waals surface area contributed by atoms with Crippen molar-refractivity contribution < 1.29 is 9.90 Å². The monoisotopic (exact) mass is 338 g/mol. The van der Waals surface area contributed by atoms with E-state index in [1.54, 1.807) is 35.6 Å². The largest absolute Gasteiger partial charge is 0.388 e. The summed E-state index contributed by atoms with van der Waals surface area (Å²) in [6.07, 6.45) is 2.81. The van der Waals surface area contributed by atoms with Crippen molar-refractivity contribution in [2.75, 3.05) is 6.54 Å². The summed E-state index contributed by atoms with van der Waals surface area (Å²) in [6.45, 7) is 2.63. The first-order chi connectivity index (χ1) is 10.6. The quantitative estimate of drug-likeness (QED) is 0.815. The average Bonchev–Trinajstić information content (AvgIpc) is 2.96. The Bertz CT molecular complexity index is 613. The van der Waals surface area contributed by atoms with Crippen LogP contribution < -0.4 is 5.32 Å². The van der Waals surface area contributed by atoms with Crippen molar-refractivity contribution in [3.05, 3.63) is 50.9 Å². The summed E-state index contributed by atoms with van der Waals surface area (Å²) in [5.74, 6) is -0.172. The van der Waals surface area contributed by atoms with Crippen LogP contribution in [0.15, 0.2) is 30.5 Å². The molecule has 2 aromatic rings. The first kappa shape index (κ1) is 16.9. The molecule has 1 aromatic carbocycles. The van der Waals surface area contributed by atoms with E-state index in [0.717, 1.165) is 11.4 Å². The van der Waals surface area contributed by atoms with E-state index in [0.29, 0.717) is 23.6 Å². The van der Waals surface area contributed by atoms with Gasteiger partial charge in [-0.2, -0.15) is 0 Å². The minimum absolute atomic E-state index is 0.0414. The molecule has 1 heterocycles. The predicted molar refractivity (Wildman–Crippen MR) is 89.2 cm³/mol. The first-order valence-corrected chi connectivity index (χ1v) is 8.41. The number of aliphatic hydroxyl groups excluding tert-OH is 1. The molecular formula is C16H19ClN2O2S. The van der Waals surface area contributed by atoms with Gasteiger partial charge in [0.1, 0.15) is 0 Å². The van der Waals surface area contributed by atoms with E-state index in [1.807, 2.05) is 6.20 Å². The minimum Gasteiger partial charge on any atom is -0.388 e. The van der Waals surface area contributed by atoms with Gasteiger partial charge in [-0.25, -0.2) is 4.98 Å². The smallest absolute Gasteiger partial charge is 0.222 e. The normalized spacial score (nSPS) is 12.1. The van der Waals surface area contributed by atoms with Crippen LogP contribution in [0.4, 0.5) is 0 Å². The Labute approximate surface area is 139 Å². The molecule has 0 aliphatic carbocycles. The highest BCUT2D eigenvalue weighted by molar-refractivity contribution is 7.11. The molecule has 4 nitrogen and oxygen atoms in total. The number of hydrogen-bond acceptors (Lipinski definition) is 4. The number of benzene rings is 1. The van der Waals surface area contributed by atoms with Crippen LogP contribution in [0.25, 0.3) is 0 Å². The average molecular weight is 339 g/mol. The number of carbonyl (C=O) groups is 1. The molecule has 2 rings (SSSR count). The Balaban J connectivity index is 1.74. The number of aliphatic hydroxyl groups is 1. The lowest BCUT2D eigenvalue weighted by molar-refractivity contribution is -0.123. The van der Waals surface area contributed by atoms with E-state index in [9.17, 15) is 9.90 Å². The number of aryl methyl sites for hydroxylation is 1. The molecule has 22 heavy (non-hydrogen) atoms. The van der Waals surface area contributed by atoms with Gasteiger partial charge in [-0.05, 0) is 24.1 Å². The fraction of sp³-hybridized carbons (Fsp3) is 0.375. The zero-order valence-corrected chi connectivity index (χ0v) is 14.0. The van der Waals surface area contributed by atoms with Gasteiger partial charge in [0.2, 0.25) is 5.91 Å². The lowest BCUT2D eigenvalue weighted by Gasteiger charge is -2.11. The molecule has 1 unspecified atom stereocenters. The zero-order valence-electron chi connectivity index (χ0n) is 12.4. The second-order valence-electron chi connectivity index (χ2n) is 4.95. The highest BCUT2D eigenvalue weighted by Crippen LogP contribution is 2.19. The second-order valence-corrected chi connectivity index (χ2v) is 6.58. The summed E-state index contributed by atoms with van der Waals surface area (Å²) in [4.78, 5) is 17.4. The molecule has 0 fully saturated rings. The maximum absolute atomic E-state index is 11.8. The number of nitrogens with zero attached hydrogens (tertiary/aromatic N) is 1. The van der Waals surface area contributed by atoms with Crippen LogP contribution >= 0.6 is 22.9 Å². The van der Waals surface area contributed by atoms with Crippen molar-refractivity contribution in [1.82, 2.24) is 10.3 Å². The first-order valence-electron chi connectivity index (χ1n) is 7.22. The molecule has 0 radical (unpaired) electrons. The van der Waals surface area contributed by atoms with Crippen LogP contribution in [0, 0.1) is 0 Å². The van der Waals surface area contributed by atoms with Crippen LogP contribution in [0.3, 0.4) is 0 Å². The molecule has 2 N–H and O–H groups in total. The van der Waals surface area contributed by atoms with Crippen molar-refractivity contribution >= 4 is 28.8 Å². The molecular weight excluding hydrogens is 320 g/mol. The number of hydrogen-bond donors (Lipinski definition) is 2. The third-order valence-corrected chi connectivity index (χ3v) is 4.70. The topological polar surface area (TPSA) is 62.2 Å². The number of aromatic nitrogens is 1. The maximum Gasteiger partial charge on any atom is 0.222 e. The Hall–Kier alpha value is -1.43. The zero-order chi connectivity index (χ0) is 15.9. The number of thiazole rings is 1. The molecule has 1 amide bonds. The number of halogens is 1. The van der Waals surface area contributed by atoms with Crippen LogP contribution in [-0.2, 0) is 17.6 Å². The summed E-state index contributed by atoms with van der Waals surface area (Å²) >= 11 is 7.47. The number of nitrogens with one attached hydrogen (secondary N) is 1. The van der Waals surface area contributed by atoms with Crippen molar-refractivity contribution in [3.8, 4) is 0 Å². The van der Waals surface area contributed by atoms with Crippen LogP contribution in [0.1, 0.15) is 34.9 Å². The molecule has 1 atom stereocenters. The Morgan fingerprint density at radius 1 is 1.41 bits per heavy atom. The van der Waals surface area contributed by atoms with Gasteiger partial charge < -0.3 is 10.4 Å². The number of carbonyl (C=O) groups excluding carboxylic acids is 1. The Morgan fingerprint density at radius 2 is 2.14 bits per heavy atom. The second kappa shape index (κ2) is 8.27. The molecule has 0 saturated carbocycles. The lowest BCUT2D eigenvalue weighted by atomic mass is 10.1. The van der Waals surface area contributed by atoms with Crippen LogP contribution in [-0.4, -0.2) is 22.5 Å². The van der Waals surface area contributed by atoms with Gasteiger partial charge in [0.05, 0.1) is 17.5 Å². The fourth-order valence-electron chi connectivity index (χ4n) is 1.99. The van der Waals surface area contributed by atoms with Crippen molar-refractivity contribution in [2.45, 2.75) is 32.3 Å². The van der Waals surface area contributed by atoms with Crippen molar-refractivity contribution in [2.24, 2.45) is 0 Å². The van der Waals surface area contributed by atoms with Gasteiger partial charge >= 0.3 is 0 Å². The third kappa shape index (κ3) is 5.09. The highest BCUT2D eigenvalue weighted by Gasteiger charge is 2.12. The summed E-state index contributed by atoms with van der Waals surface area (Å²) < 4.78 is 0. The van der Waals surface area contributed by atoms with E-state index in [1.165, 1.54) is 4.88 Å². The van der Waals surface area contributed by atoms with E-state index < -0.39 is 6.10 Å². The molecule has 0 spiro atoms. The molecule has 118 valence electrons. The minimum atomic E-state index is -0.816. The van der Waals surface area contributed by atoms with E-state index in [2.05, 4.69) is 17.2 Å². The van der Waals surface area contributed by atoms with Crippen molar-refractivity contribution in [3.63, 3.8) is 0 Å². The van der Waals surface area contributed by atoms with Gasteiger partial charge in [-0.3, -0.25) is 4.79 Å². The number of amides is 1. The van der Waals surface area contributed by atoms with Gasteiger partial charge in [-0.15, -0.1) is 11.3 Å². The Kier molecular flexibility index (Phi) is 6.36. The molecule has 1 aromatic heterocycles. The molecule has 0 aliphatic rings. The SMILES string of the molecule is CCc1cnc(CCNC(=O)CC(O)c2ccc(Cl)cc2)s1. The summed E-state index contributed by atoms with van der Waals surface area (Å²) in [5, 5.41) is 14.5. The van der Waals surface area contributed by atoms with Gasteiger partial charge in [0.25, 0.3) is 0 Å². The van der Waals surface area contributed by atoms with Crippen LogP contribution in [0.2, 0.25) is 5.02 Å². The molecule has 0 aliphatic heterocycles. The fourth-order valence-corrected chi connectivity index (χ4v) is 2.97. The molecule has 6 heteroatoms. The van der Waals surface area contributed by atoms with Gasteiger partial charge in [-0.1, -0.05) is 30.7 Å². The third-order valence-electron chi connectivity index (χ3n) is 3.24. The van der Waals surface area contributed by atoms with Crippen molar-refractivity contribution in [1.29, 1.82) is 0 Å². The van der Waals surface area contributed by atoms with Gasteiger partial charge in [0.15, 0.2) is 0 Å². The Morgan fingerprint density at radius 3 is 2.77 bits per heavy atom. The van der Waals surface area contributed by atoms with E-state index in [4.69, 9.17) is 11.6 Å². The standard InChI is InChI=1S/C16H19ClN2O2S/c1-2-13-10-19-16(22-13)7-8-18-15(21)9-14(20)11-3-5-12(17)6-4-11/h3-6,10,14,20H,2,7-9H2,1H3,(H,18,21). The molecule has 0 bridgehead atoms. The summed E-state index contributed by atoms with van der Waals surface area (Å²) in [6, 6.07) is 6.85. The highest BCUT2D eigenvalue weighted by atomic mass is 35.5. The summed E-state index contributed by atoms with van der Waals surface area (Å²) in [7, 11) is 0. The van der Waals surface area contributed by atoms with Crippen LogP contribution in [0.5, 0.6) is 0 Å².